The van der Waals surface area contributed by atoms with E-state index in [9.17, 15) is 4.79 Å². The monoisotopic (exact) mass is 359 g/mol. The van der Waals surface area contributed by atoms with Gasteiger partial charge < -0.3 is 4.90 Å². The van der Waals surface area contributed by atoms with E-state index in [1.165, 1.54) is 6.33 Å². The number of rotatable bonds is 5. The summed E-state index contributed by atoms with van der Waals surface area (Å²) in [5, 5.41) is 3.27. The van der Waals surface area contributed by atoms with Crippen molar-refractivity contribution in [3.05, 3.63) is 40.4 Å². The first-order valence-electron chi connectivity index (χ1n) is 8.76. The maximum atomic E-state index is 12.2. The van der Waals surface area contributed by atoms with Gasteiger partial charge in [-0.15, -0.1) is 11.3 Å². The van der Waals surface area contributed by atoms with Gasteiger partial charge in [-0.1, -0.05) is 0 Å². The van der Waals surface area contributed by atoms with Crippen LogP contribution in [0.2, 0.25) is 0 Å². The lowest BCUT2D eigenvalue weighted by molar-refractivity contribution is -0.132. The minimum Gasteiger partial charge on any atom is -0.335 e. The summed E-state index contributed by atoms with van der Waals surface area (Å²) in [6.07, 6.45) is 8.23. The van der Waals surface area contributed by atoms with Crippen LogP contribution in [-0.4, -0.2) is 49.8 Å². The van der Waals surface area contributed by atoms with Crippen molar-refractivity contribution in [3.63, 3.8) is 0 Å². The van der Waals surface area contributed by atoms with Crippen LogP contribution in [0.1, 0.15) is 42.5 Å². The van der Waals surface area contributed by atoms with Crippen LogP contribution < -0.4 is 0 Å². The van der Waals surface area contributed by atoms with Gasteiger partial charge >= 0.3 is 0 Å². The Morgan fingerprint density at radius 1 is 1.32 bits per heavy atom. The average molecular weight is 359 g/mol. The zero-order chi connectivity index (χ0) is 17.6. The normalized spacial score (nSPS) is 18.7. The standard InChI is InChI=1S/C18H25N5OS/c1-14-21-17(12-25-14)11-22-6-3-4-18(5-7-22)23(15(2)24)10-16-8-19-13-20-9-16/h8-9,12-13,18H,3-7,10-11H2,1-2H3/t18-/m0/s1. The fraction of sp³-hybridized carbons (Fsp3) is 0.556. The predicted molar refractivity (Wildman–Crippen MR) is 98.0 cm³/mol. The summed E-state index contributed by atoms with van der Waals surface area (Å²) in [7, 11) is 0. The van der Waals surface area contributed by atoms with E-state index in [1.807, 2.05) is 11.8 Å². The molecule has 3 heterocycles. The van der Waals surface area contributed by atoms with Gasteiger partial charge in [-0.2, -0.15) is 0 Å². The Bertz CT molecular complexity index is 690. The molecule has 1 fully saturated rings. The van der Waals surface area contributed by atoms with Crippen LogP contribution in [0, 0.1) is 6.92 Å². The first kappa shape index (κ1) is 17.9. The summed E-state index contributed by atoms with van der Waals surface area (Å²) < 4.78 is 0. The molecular weight excluding hydrogens is 334 g/mol. The molecule has 1 amide bonds. The first-order chi connectivity index (χ1) is 12.1. The lowest BCUT2D eigenvalue weighted by Gasteiger charge is -2.30. The van der Waals surface area contributed by atoms with Crippen molar-refractivity contribution in [1.29, 1.82) is 0 Å². The number of thiazole rings is 1. The molecule has 0 radical (unpaired) electrons. The van der Waals surface area contributed by atoms with Crippen molar-refractivity contribution in [1.82, 2.24) is 24.8 Å². The van der Waals surface area contributed by atoms with Crippen molar-refractivity contribution >= 4 is 17.2 Å². The molecular formula is C18H25N5OS. The van der Waals surface area contributed by atoms with Crippen molar-refractivity contribution in [2.45, 2.75) is 52.2 Å². The molecule has 1 atom stereocenters. The minimum absolute atomic E-state index is 0.123. The van der Waals surface area contributed by atoms with Crippen LogP contribution >= 0.6 is 11.3 Å². The summed E-state index contributed by atoms with van der Waals surface area (Å²) >= 11 is 1.71. The van der Waals surface area contributed by atoms with Gasteiger partial charge in [0.1, 0.15) is 6.33 Å². The molecule has 1 aliphatic rings. The first-order valence-corrected chi connectivity index (χ1v) is 9.64. The van der Waals surface area contributed by atoms with Crippen LogP contribution in [0.3, 0.4) is 0 Å². The van der Waals surface area contributed by atoms with Gasteiger partial charge in [0.05, 0.1) is 10.7 Å². The largest absolute Gasteiger partial charge is 0.335 e. The highest BCUT2D eigenvalue weighted by molar-refractivity contribution is 7.09. The summed E-state index contributed by atoms with van der Waals surface area (Å²) in [5.41, 5.74) is 2.14. The molecule has 2 aromatic heterocycles. The van der Waals surface area contributed by atoms with E-state index in [2.05, 4.69) is 25.2 Å². The molecule has 0 bridgehead atoms. The SMILES string of the molecule is CC(=O)N(Cc1cncnc1)[C@H]1CCCN(Cc2csc(C)n2)CC1. The summed E-state index contributed by atoms with van der Waals surface area (Å²) in [6, 6.07) is 0.278. The van der Waals surface area contributed by atoms with E-state index in [-0.39, 0.29) is 11.9 Å². The van der Waals surface area contributed by atoms with Gasteiger partial charge in [-0.05, 0) is 32.7 Å². The minimum atomic E-state index is 0.123. The predicted octanol–water partition coefficient (Wildman–Crippen LogP) is 2.64. The highest BCUT2D eigenvalue weighted by Gasteiger charge is 2.25. The third-order valence-corrected chi connectivity index (χ3v) is 5.48. The Hall–Kier alpha value is -1.86. The second kappa shape index (κ2) is 8.49. The van der Waals surface area contributed by atoms with Crippen LogP contribution in [0.5, 0.6) is 0 Å². The molecule has 1 aliphatic heterocycles. The van der Waals surface area contributed by atoms with E-state index < -0.39 is 0 Å². The van der Waals surface area contributed by atoms with Gasteiger partial charge in [0.25, 0.3) is 0 Å². The zero-order valence-corrected chi connectivity index (χ0v) is 15.7. The van der Waals surface area contributed by atoms with Gasteiger partial charge in [0.15, 0.2) is 0 Å². The molecule has 0 unspecified atom stereocenters. The molecule has 1 saturated heterocycles. The fourth-order valence-electron chi connectivity index (χ4n) is 3.42. The Labute approximate surface area is 152 Å². The van der Waals surface area contributed by atoms with E-state index >= 15 is 0 Å². The number of aryl methyl sites for hydroxylation is 1. The highest BCUT2D eigenvalue weighted by Crippen LogP contribution is 2.21. The van der Waals surface area contributed by atoms with Crippen molar-refractivity contribution in [2.75, 3.05) is 13.1 Å². The maximum absolute atomic E-state index is 12.2. The van der Waals surface area contributed by atoms with E-state index in [1.54, 1.807) is 30.7 Å². The van der Waals surface area contributed by atoms with E-state index in [0.717, 1.165) is 55.2 Å². The lowest BCUT2D eigenvalue weighted by Crippen LogP contribution is -2.39. The molecule has 6 nitrogen and oxygen atoms in total. The number of hydrogen-bond donors (Lipinski definition) is 0. The second-order valence-corrected chi connectivity index (χ2v) is 7.67. The molecule has 0 aliphatic carbocycles. The number of carbonyl (C=O) groups is 1. The third kappa shape index (κ3) is 5.06. The van der Waals surface area contributed by atoms with Crippen LogP contribution in [0.25, 0.3) is 0 Å². The second-order valence-electron chi connectivity index (χ2n) is 6.61. The number of nitrogens with zero attached hydrogens (tertiary/aromatic N) is 5. The smallest absolute Gasteiger partial charge is 0.219 e. The summed E-state index contributed by atoms with van der Waals surface area (Å²) in [6.45, 7) is 7.26. The van der Waals surface area contributed by atoms with Crippen LogP contribution in [0.15, 0.2) is 24.1 Å². The van der Waals surface area contributed by atoms with Gasteiger partial charge in [-0.25, -0.2) is 15.0 Å². The topological polar surface area (TPSA) is 62.2 Å². The number of likely N-dealkylation sites (tertiary alicyclic amines) is 1. The van der Waals surface area contributed by atoms with E-state index in [0.29, 0.717) is 6.54 Å². The summed E-state index contributed by atoms with van der Waals surface area (Å²) in [5.74, 6) is 0.123. The number of hydrogen-bond acceptors (Lipinski definition) is 6. The molecule has 3 rings (SSSR count). The molecule has 0 N–H and O–H groups in total. The van der Waals surface area contributed by atoms with Gasteiger partial charge in [0, 0.05) is 55.9 Å². The number of aromatic nitrogens is 3. The Kier molecular flexibility index (Phi) is 6.09. The van der Waals surface area contributed by atoms with Crippen molar-refractivity contribution < 1.29 is 4.79 Å². The van der Waals surface area contributed by atoms with Crippen LogP contribution in [0.4, 0.5) is 0 Å². The maximum Gasteiger partial charge on any atom is 0.219 e. The molecule has 0 spiro atoms. The quantitative estimate of drug-likeness (QED) is 0.821. The zero-order valence-electron chi connectivity index (χ0n) is 14.9. The van der Waals surface area contributed by atoms with Crippen LogP contribution in [-0.2, 0) is 17.9 Å². The fourth-order valence-corrected chi connectivity index (χ4v) is 4.03. The van der Waals surface area contributed by atoms with Crippen molar-refractivity contribution in [3.8, 4) is 0 Å². The average Bonchev–Trinajstić information content (AvgIpc) is 2.87. The van der Waals surface area contributed by atoms with Gasteiger partial charge in [0.2, 0.25) is 5.91 Å². The number of carbonyl (C=O) groups excluding carboxylic acids is 1. The van der Waals surface area contributed by atoms with E-state index in [4.69, 9.17) is 0 Å². The molecule has 0 aromatic carbocycles. The lowest BCUT2D eigenvalue weighted by atomic mass is 10.1. The van der Waals surface area contributed by atoms with Crippen molar-refractivity contribution in [2.24, 2.45) is 0 Å². The number of amides is 1. The molecule has 2 aromatic rings. The Balaban J connectivity index is 1.60. The highest BCUT2D eigenvalue weighted by atomic mass is 32.1. The summed E-state index contributed by atoms with van der Waals surface area (Å²) in [4.78, 5) is 29.3. The molecule has 25 heavy (non-hydrogen) atoms. The molecule has 134 valence electrons. The molecule has 0 saturated carbocycles. The Morgan fingerprint density at radius 3 is 2.80 bits per heavy atom. The molecule has 7 heteroatoms. The Morgan fingerprint density at radius 2 is 2.12 bits per heavy atom. The third-order valence-electron chi connectivity index (χ3n) is 4.65. The van der Waals surface area contributed by atoms with Gasteiger partial charge in [-0.3, -0.25) is 9.69 Å².